The fourth-order valence-corrected chi connectivity index (χ4v) is 3.55. The first kappa shape index (κ1) is 19.4. The number of aromatic amines is 1. The molecule has 27 heavy (non-hydrogen) atoms. The SMILES string of the molecule is CC(C)(CC(O)(Cc1cc2ccccc2[nH]1)C(F)(F)F)c1cccc(F)c1. The van der Waals surface area contributed by atoms with Gasteiger partial charge in [-0.25, -0.2) is 4.39 Å². The van der Waals surface area contributed by atoms with Crippen LogP contribution in [0.15, 0.2) is 54.6 Å². The lowest BCUT2D eigenvalue weighted by Crippen LogP contribution is -2.50. The molecule has 0 bridgehead atoms. The lowest BCUT2D eigenvalue weighted by atomic mass is 9.73. The van der Waals surface area contributed by atoms with Gasteiger partial charge in [-0.3, -0.25) is 0 Å². The van der Waals surface area contributed by atoms with Gasteiger partial charge < -0.3 is 10.1 Å². The normalized spacial score (nSPS) is 15.1. The number of hydrogen-bond acceptors (Lipinski definition) is 1. The van der Waals surface area contributed by atoms with E-state index in [1.807, 2.05) is 0 Å². The molecule has 1 heterocycles. The number of rotatable bonds is 5. The monoisotopic (exact) mass is 379 g/mol. The van der Waals surface area contributed by atoms with Crippen molar-refractivity contribution in [3.63, 3.8) is 0 Å². The zero-order valence-corrected chi connectivity index (χ0v) is 15.1. The molecule has 0 saturated heterocycles. The van der Waals surface area contributed by atoms with Crippen LogP contribution in [0.5, 0.6) is 0 Å². The standard InChI is InChI=1S/C21H21F4NO/c1-19(2,15-7-5-8-16(22)11-15)13-20(27,21(23,24)25)12-17-10-14-6-3-4-9-18(14)26-17/h3-11,26-27H,12-13H2,1-2H3. The van der Waals surface area contributed by atoms with Gasteiger partial charge in [-0.2, -0.15) is 13.2 Å². The van der Waals surface area contributed by atoms with Gasteiger partial charge in [0.2, 0.25) is 0 Å². The number of para-hydroxylation sites is 1. The van der Waals surface area contributed by atoms with E-state index in [0.29, 0.717) is 16.8 Å². The van der Waals surface area contributed by atoms with Crippen LogP contribution in [0.3, 0.4) is 0 Å². The maximum Gasteiger partial charge on any atom is 0.417 e. The molecule has 144 valence electrons. The molecule has 0 spiro atoms. The summed E-state index contributed by atoms with van der Waals surface area (Å²) >= 11 is 0. The molecule has 3 aromatic rings. The molecule has 2 nitrogen and oxygen atoms in total. The Bertz CT molecular complexity index is 912. The van der Waals surface area contributed by atoms with Crippen molar-refractivity contribution < 1.29 is 22.7 Å². The maximum absolute atomic E-state index is 13.8. The fraction of sp³-hybridized carbons (Fsp3) is 0.333. The molecular formula is C21H21F4NO. The average Bonchev–Trinajstić information content (AvgIpc) is 2.95. The van der Waals surface area contributed by atoms with Crippen LogP contribution in [-0.4, -0.2) is 21.9 Å². The maximum atomic E-state index is 13.8. The Hall–Kier alpha value is -2.34. The highest BCUT2D eigenvalue weighted by molar-refractivity contribution is 5.80. The van der Waals surface area contributed by atoms with Crippen LogP contribution in [0.25, 0.3) is 10.9 Å². The van der Waals surface area contributed by atoms with E-state index in [1.165, 1.54) is 18.2 Å². The molecule has 6 heteroatoms. The van der Waals surface area contributed by atoms with Crippen molar-refractivity contribution in [2.24, 2.45) is 0 Å². The summed E-state index contributed by atoms with van der Waals surface area (Å²) in [4.78, 5) is 2.94. The number of hydrogen-bond donors (Lipinski definition) is 2. The van der Waals surface area contributed by atoms with Crippen LogP contribution in [0.2, 0.25) is 0 Å². The van der Waals surface area contributed by atoms with Crippen LogP contribution >= 0.6 is 0 Å². The number of halogens is 4. The van der Waals surface area contributed by atoms with Gasteiger partial charge in [0.1, 0.15) is 5.82 Å². The van der Waals surface area contributed by atoms with E-state index in [0.717, 1.165) is 5.39 Å². The van der Waals surface area contributed by atoms with Gasteiger partial charge in [-0.15, -0.1) is 0 Å². The minimum absolute atomic E-state index is 0.297. The van der Waals surface area contributed by atoms with E-state index in [9.17, 15) is 22.7 Å². The lowest BCUT2D eigenvalue weighted by Gasteiger charge is -2.38. The Balaban J connectivity index is 1.94. The highest BCUT2D eigenvalue weighted by Gasteiger charge is 2.56. The molecule has 0 aliphatic rings. The Labute approximate surface area is 154 Å². The van der Waals surface area contributed by atoms with Gasteiger partial charge in [0.15, 0.2) is 5.60 Å². The predicted octanol–water partition coefficient (Wildman–Crippen LogP) is 5.51. The van der Waals surface area contributed by atoms with Crippen LogP contribution < -0.4 is 0 Å². The van der Waals surface area contributed by atoms with Crippen molar-refractivity contribution in [2.75, 3.05) is 0 Å². The summed E-state index contributed by atoms with van der Waals surface area (Å²) in [5, 5.41) is 11.4. The van der Waals surface area contributed by atoms with Crippen molar-refractivity contribution in [1.82, 2.24) is 4.98 Å². The topological polar surface area (TPSA) is 36.0 Å². The van der Waals surface area contributed by atoms with Crippen LogP contribution in [0.4, 0.5) is 17.6 Å². The van der Waals surface area contributed by atoms with Gasteiger partial charge in [0.25, 0.3) is 0 Å². The largest absolute Gasteiger partial charge is 0.417 e. The summed E-state index contributed by atoms with van der Waals surface area (Å²) in [5.41, 5.74) is -2.63. The first-order valence-electron chi connectivity index (χ1n) is 8.62. The van der Waals surface area contributed by atoms with Crippen LogP contribution in [0.1, 0.15) is 31.5 Å². The van der Waals surface area contributed by atoms with E-state index >= 15 is 0 Å². The van der Waals surface area contributed by atoms with E-state index in [1.54, 1.807) is 50.2 Å². The molecule has 0 aliphatic carbocycles. The molecule has 0 radical (unpaired) electrons. The highest BCUT2D eigenvalue weighted by Crippen LogP contribution is 2.43. The number of benzene rings is 2. The third-order valence-corrected chi connectivity index (χ3v) is 4.94. The van der Waals surface area contributed by atoms with E-state index in [4.69, 9.17) is 0 Å². The summed E-state index contributed by atoms with van der Waals surface area (Å²) in [7, 11) is 0. The van der Waals surface area contributed by atoms with E-state index < -0.39 is 35.9 Å². The molecular weight excluding hydrogens is 358 g/mol. The van der Waals surface area contributed by atoms with Gasteiger partial charge in [-0.1, -0.05) is 44.2 Å². The number of alkyl halides is 3. The molecule has 2 aromatic carbocycles. The van der Waals surface area contributed by atoms with Crippen molar-refractivity contribution >= 4 is 10.9 Å². The molecule has 0 amide bonds. The zero-order valence-electron chi connectivity index (χ0n) is 15.1. The van der Waals surface area contributed by atoms with Crippen molar-refractivity contribution in [2.45, 2.75) is 43.9 Å². The lowest BCUT2D eigenvalue weighted by molar-refractivity contribution is -0.266. The number of fused-ring (bicyclic) bond motifs is 1. The summed E-state index contributed by atoms with van der Waals surface area (Å²) in [6, 6.07) is 14.2. The predicted molar refractivity (Wildman–Crippen MR) is 97.1 cm³/mol. The molecule has 0 fully saturated rings. The Morgan fingerprint density at radius 2 is 1.67 bits per heavy atom. The van der Waals surface area contributed by atoms with Gasteiger partial charge in [0, 0.05) is 17.6 Å². The first-order valence-corrected chi connectivity index (χ1v) is 8.62. The Morgan fingerprint density at radius 1 is 0.963 bits per heavy atom. The van der Waals surface area contributed by atoms with Crippen molar-refractivity contribution in [3.05, 3.63) is 71.7 Å². The van der Waals surface area contributed by atoms with Crippen LogP contribution in [-0.2, 0) is 11.8 Å². The van der Waals surface area contributed by atoms with E-state index in [-0.39, 0.29) is 0 Å². The third-order valence-electron chi connectivity index (χ3n) is 4.94. The summed E-state index contributed by atoms with van der Waals surface area (Å²) < 4.78 is 55.0. The van der Waals surface area contributed by atoms with E-state index in [2.05, 4.69) is 4.98 Å². The average molecular weight is 379 g/mol. The Morgan fingerprint density at radius 3 is 2.30 bits per heavy atom. The first-order chi connectivity index (χ1) is 12.5. The quantitative estimate of drug-likeness (QED) is 0.564. The number of aliphatic hydroxyl groups is 1. The Kier molecular flexibility index (Phi) is 4.80. The number of aromatic nitrogens is 1. The second kappa shape index (κ2) is 6.68. The molecule has 0 saturated carbocycles. The minimum Gasteiger partial charge on any atom is -0.380 e. The molecule has 1 atom stereocenters. The zero-order chi connectivity index (χ0) is 19.9. The molecule has 1 aromatic heterocycles. The summed E-state index contributed by atoms with van der Waals surface area (Å²) in [5.74, 6) is -0.522. The smallest absolute Gasteiger partial charge is 0.380 e. The molecule has 1 unspecified atom stereocenters. The number of nitrogens with one attached hydrogen (secondary N) is 1. The molecule has 2 N–H and O–H groups in total. The van der Waals surface area contributed by atoms with Crippen molar-refractivity contribution in [3.8, 4) is 0 Å². The highest BCUT2D eigenvalue weighted by atomic mass is 19.4. The second-order valence-electron chi connectivity index (χ2n) is 7.66. The third kappa shape index (κ3) is 4.00. The fourth-order valence-electron chi connectivity index (χ4n) is 3.55. The van der Waals surface area contributed by atoms with Crippen LogP contribution in [0, 0.1) is 5.82 Å². The second-order valence-corrected chi connectivity index (χ2v) is 7.66. The van der Waals surface area contributed by atoms with Gasteiger partial charge in [-0.05, 0) is 47.1 Å². The summed E-state index contributed by atoms with van der Waals surface area (Å²) in [6.45, 7) is 3.15. The van der Waals surface area contributed by atoms with Gasteiger partial charge in [0.05, 0.1) is 0 Å². The minimum atomic E-state index is -4.84. The number of H-pyrrole nitrogens is 1. The van der Waals surface area contributed by atoms with Crippen molar-refractivity contribution in [1.29, 1.82) is 0 Å². The molecule has 0 aliphatic heterocycles. The van der Waals surface area contributed by atoms with Gasteiger partial charge >= 0.3 is 6.18 Å². The summed E-state index contributed by atoms with van der Waals surface area (Å²) in [6.07, 6.45) is -6.04. The molecule has 3 rings (SSSR count).